The second kappa shape index (κ2) is 6.07. The highest BCUT2D eigenvalue weighted by Gasteiger charge is 2.28. The molecular weight excluding hydrogens is 258 g/mol. The minimum absolute atomic E-state index is 0.423. The van der Waals surface area contributed by atoms with Gasteiger partial charge in [0.1, 0.15) is 0 Å². The number of hydrogen-bond donors (Lipinski definition) is 1. The number of nitrogens with one attached hydrogen (secondary N) is 1. The number of hydrogen-bond acceptors (Lipinski definition) is 3. The van der Waals surface area contributed by atoms with E-state index in [-0.39, 0.29) is 0 Å². The molecule has 2 rings (SSSR count). The Balaban J connectivity index is 2.06. The van der Waals surface area contributed by atoms with Crippen molar-refractivity contribution < 1.29 is 0 Å². The van der Waals surface area contributed by atoms with Crippen molar-refractivity contribution in [3.63, 3.8) is 0 Å². The van der Waals surface area contributed by atoms with Crippen molar-refractivity contribution in [1.82, 2.24) is 4.90 Å². The minimum atomic E-state index is -0.423. The monoisotopic (exact) mass is 285 g/mol. The van der Waals surface area contributed by atoms with Gasteiger partial charge in [0.2, 0.25) is 0 Å². The Hall–Kier alpha value is -1.53. The highest BCUT2D eigenvalue weighted by atomic mass is 15.2. The zero-order valence-corrected chi connectivity index (χ0v) is 13.9. The normalized spacial score (nSPS) is 27.1. The summed E-state index contributed by atoms with van der Waals surface area (Å²) in [6.07, 6.45) is 1.17. The Bertz CT molecular complexity index is 512. The molecule has 0 amide bonds. The lowest BCUT2D eigenvalue weighted by Gasteiger charge is -2.40. The molecule has 3 atom stereocenters. The van der Waals surface area contributed by atoms with E-state index in [0.717, 1.165) is 17.8 Å². The molecule has 3 nitrogen and oxygen atoms in total. The van der Waals surface area contributed by atoms with E-state index in [4.69, 9.17) is 0 Å². The fourth-order valence-electron chi connectivity index (χ4n) is 3.00. The van der Waals surface area contributed by atoms with Crippen LogP contribution >= 0.6 is 0 Å². The van der Waals surface area contributed by atoms with Crippen LogP contribution in [0.4, 0.5) is 5.69 Å². The van der Waals surface area contributed by atoms with Crippen molar-refractivity contribution in [3.8, 4) is 6.07 Å². The molecule has 3 unspecified atom stereocenters. The van der Waals surface area contributed by atoms with Crippen molar-refractivity contribution in [2.75, 3.05) is 18.9 Å². The topological polar surface area (TPSA) is 39.1 Å². The lowest BCUT2D eigenvalue weighted by molar-refractivity contribution is 0.145. The van der Waals surface area contributed by atoms with Gasteiger partial charge in [0, 0.05) is 24.3 Å². The molecule has 1 aromatic carbocycles. The number of piperidine rings is 1. The Morgan fingerprint density at radius 3 is 2.43 bits per heavy atom. The first-order valence-corrected chi connectivity index (χ1v) is 7.82. The van der Waals surface area contributed by atoms with E-state index < -0.39 is 5.41 Å². The van der Waals surface area contributed by atoms with E-state index in [9.17, 15) is 5.26 Å². The molecule has 0 saturated carbocycles. The molecule has 0 aromatic heterocycles. The molecule has 1 saturated heterocycles. The second-order valence-electron chi connectivity index (χ2n) is 7.07. The van der Waals surface area contributed by atoms with Crippen LogP contribution in [0.3, 0.4) is 0 Å². The average Bonchev–Trinajstić information content (AvgIpc) is 2.45. The van der Waals surface area contributed by atoms with Crippen molar-refractivity contribution >= 4 is 5.69 Å². The van der Waals surface area contributed by atoms with Gasteiger partial charge in [-0.05, 0) is 57.9 Å². The van der Waals surface area contributed by atoms with Gasteiger partial charge in [0.25, 0.3) is 0 Å². The van der Waals surface area contributed by atoms with Crippen molar-refractivity contribution in [2.45, 2.75) is 51.6 Å². The van der Waals surface area contributed by atoms with Crippen LogP contribution in [0.2, 0.25) is 0 Å². The maximum absolute atomic E-state index is 9.20. The smallest absolute Gasteiger partial charge is 0.0766 e. The fourth-order valence-corrected chi connectivity index (χ4v) is 3.00. The molecule has 3 heteroatoms. The molecule has 1 aromatic rings. The molecule has 1 aliphatic rings. The largest absolute Gasteiger partial charge is 0.382 e. The molecule has 1 N–H and O–H groups in total. The summed E-state index contributed by atoms with van der Waals surface area (Å²) in [7, 11) is 2.20. The van der Waals surface area contributed by atoms with Crippen molar-refractivity contribution in [3.05, 3.63) is 29.8 Å². The second-order valence-corrected chi connectivity index (χ2v) is 7.07. The molecule has 1 fully saturated rings. The number of nitriles is 1. The van der Waals surface area contributed by atoms with Gasteiger partial charge in [0.15, 0.2) is 0 Å². The van der Waals surface area contributed by atoms with Crippen LogP contribution in [-0.4, -0.2) is 30.6 Å². The summed E-state index contributed by atoms with van der Waals surface area (Å²) < 4.78 is 0. The molecule has 0 bridgehead atoms. The Kier molecular flexibility index (Phi) is 4.58. The highest BCUT2D eigenvalue weighted by molar-refractivity contribution is 5.47. The van der Waals surface area contributed by atoms with Crippen molar-refractivity contribution in [1.29, 1.82) is 5.26 Å². The van der Waals surface area contributed by atoms with Gasteiger partial charge >= 0.3 is 0 Å². The third-order valence-corrected chi connectivity index (χ3v) is 4.85. The highest BCUT2D eigenvalue weighted by Crippen LogP contribution is 2.27. The fraction of sp³-hybridized carbons (Fsp3) is 0.611. The van der Waals surface area contributed by atoms with Gasteiger partial charge in [-0.1, -0.05) is 19.1 Å². The molecule has 0 radical (unpaired) electrons. The van der Waals surface area contributed by atoms with Gasteiger partial charge < -0.3 is 10.2 Å². The van der Waals surface area contributed by atoms with Crippen molar-refractivity contribution in [2.24, 2.45) is 5.92 Å². The van der Waals surface area contributed by atoms with E-state index in [2.05, 4.69) is 61.4 Å². The average molecular weight is 285 g/mol. The number of benzene rings is 1. The predicted octanol–water partition coefficient (Wildman–Crippen LogP) is 3.63. The van der Waals surface area contributed by atoms with Gasteiger partial charge in [-0.15, -0.1) is 0 Å². The lowest BCUT2D eigenvalue weighted by Crippen LogP contribution is -2.48. The van der Waals surface area contributed by atoms with Crippen LogP contribution in [0.1, 0.15) is 39.7 Å². The van der Waals surface area contributed by atoms with Crippen LogP contribution in [0.15, 0.2) is 24.3 Å². The first-order valence-electron chi connectivity index (χ1n) is 7.82. The zero-order valence-electron chi connectivity index (χ0n) is 13.9. The van der Waals surface area contributed by atoms with Gasteiger partial charge in [0.05, 0.1) is 11.5 Å². The molecule has 114 valence electrons. The molecule has 0 aliphatic carbocycles. The van der Waals surface area contributed by atoms with Gasteiger partial charge in [-0.25, -0.2) is 0 Å². The van der Waals surface area contributed by atoms with Crippen LogP contribution in [0.25, 0.3) is 0 Å². The zero-order chi connectivity index (χ0) is 15.6. The summed E-state index contributed by atoms with van der Waals surface area (Å²) in [5.41, 5.74) is 1.80. The number of likely N-dealkylation sites (tertiary alicyclic amines) is 1. The maximum Gasteiger partial charge on any atom is 0.0766 e. The quantitative estimate of drug-likeness (QED) is 0.921. The lowest BCUT2D eigenvalue weighted by atomic mass is 9.86. The van der Waals surface area contributed by atoms with Gasteiger partial charge in [-0.2, -0.15) is 5.26 Å². The SMILES string of the molecule is CC1CN(C)C(C)CC1Nc1ccc(C(C)(C)C#N)cc1. The van der Waals surface area contributed by atoms with Crippen LogP contribution < -0.4 is 5.32 Å². The molecule has 0 spiro atoms. The summed E-state index contributed by atoms with van der Waals surface area (Å²) >= 11 is 0. The summed E-state index contributed by atoms with van der Waals surface area (Å²) in [6, 6.07) is 11.8. The molecular formula is C18H27N3. The first kappa shape index (κ1) is 15.9. The number of anilines is 1. The Morgan fingerprint density at radius 1 is 1.24 bits per heavy atom. The van der Waals surface area contributed by atoms with Crippen LogP contribution in [-0.2, 0) is 5.41 Å². The van der Waals surface area contributed by atoms with E-state index in [0.29, 0.717) is 18.0 Å². The number of rotatable bonds is 3. The van der Waals surface area contributed by atoms with E-state index in [1.165, 1.54) is 6.42 Å². The molecule has 1 aliphatic heterocycles. The maximum atomic E-state index is 9.20. The molecule has 21 heavy (non-hydrogen) atoms. The third-order valence-electron chi connectivity index (χ3n) is 4.85. The predicted molar refractivity (Wildman–Crippen MR) is 88.4 cm³/mol. The standard InChI is InChI=1S/C18H27N3/c1-13-11-21(5)14(2)10-17(13)20-16-8-6-15(7-9-16)18(3,4)12-19/h6-9,13-14,17,20H,10-11H2,1-5H3. The summed E-state index contributed by atoms with van der Waals surface area (Å²) in [5.74, 6) is 0.640. The minimum Gasteiger partial charge on any atom is -0.382 e. The van der Waals surface area contributed by atoms with Crippen LogP contribution in [0.5, 0.6) is 0 Å². The Labute approximate surface area is 129 Å². The third kappa shape index (κ3) is 3.57. The van der Waals surface area contributed by atoms with Gasteiger partial charge in [-0.3, -0.25) is 0 Å². The Morgan fingerprint density at radius 2 is 1.86 bits per heavy atom. The summed E-state index contributed by atoms with van der Waals surface area (Å²) in [5, 5.41) is 12.9. The molecule has 1 heterocycles. The van der Waals surface area contributed by atoms with Crippen LogP contribution in [0, 0.1) is 17.2 Å². The summed E-state index contributed by atoms with van der Waals surface area (Å²) in [4.78, 5) is 2.43. The first-order chi connectivity index (χ1) is 9.83. The van der Waals surface area contributed by atoms with E-state index >= 15 is 0 Å². The van der Waals surface area contributed by atoms with E-state index in [1.807, 2.05) is 13.8 Å². The van der Waals surface area contributed by atoms with E-state index in [1.54, 1.807) is 0 Å². The number of nitrogens with zero attached hydrogens (tertiary/aromatic N) is 2. The summed E-state index contributed by atoms with van der Waals surface area (Å²) in [6.45, 7) is 9.65.